The van der Waals surface area contributed by atoms with Crippen LogP contribution in [0, 0.1) is 23.0 Å². The Kier molecular flexibility index (Phi) is 4.58. The molecule has 0 atom stereocenters. The van der Waals surface area contributed by atoms with Gasteiger partial charge in [0.2, 0.25) is 10.0 Å². The van der Waals surface area contributed by atoms with Crippen LogP contribution in [-0.4, -0.2) is 20.7 Å². The molecule has 0 saturated heterocycles. The van der Waals surface area contributed by atoms with E-state index in [9.17, 15) is 17.2 Å². The van der Waals surface area contributed by atoms with Crippen molar-refractivity contribution in [1.29, 1.82) is 5.26 Å². The van der Waals surface area contributed by atoms with E-state index in [4.69, 9.17) is 10.4 Å². The van der Waals surface area contributed by atoms with E-state index >= 15 is 0 Å². The molecule has 0 amide bonds. The Balaban J connectivity index is 2.65. The lowest BCUT2D eigenvalue weighted by molar-refractivity contribution is 0.508. The molecule has 1 rings (SSSR count). The standard InChI is InChI=1S/C10H11F2N3O2S/c11-9-7(6-13)2-3-8(10(9)12)15-4-1-5-18(14,16)17/h2-3,15H,1,4-5H2,(H2,14,16,17). The minimum atomic E-state index is -3.56. The summed E-state index contributed by atoms with van der Waals surface area (Å²) >= 11 is 0. The van der Waals surface area contributed by atoms with E-state index in [1.807, 2.05) is 0 Å². The van der Waals surface area contributed by atoms with Crippen LogP contribution < -0.4 is 10.5 Å². The summed E-state index contributed by atoms with van der Waals surface area (Å²) in [7, 11) is -3.56. The van der Waals surface area contributed by atoms with Crippen LogP contribution in [0.5, 0.6) is 0 Å². The number of hydrogen-bond acceptors (Lipinski definition) is 4. The van der Waals surface area contributed by atoms with Gasteiger partial charge in [0, 0.05) is 6.54 Å². The molecule has 0 radical (unpaired) electrons. The van der Waals surface area contributed by atoms with Gasteiger partial charge in [0.1, 0.15) is 6.07 Å². The molecule has 0 aliphatic heterocycles. The van der Waals surface area contributed by atoms with E-state index in [1.54, 1.807) is 0 Å². The van der Waals surface area contributed by atoms with E-state index in [0.717, 1.165) is 6.07 Å². The van der Waals surface area contributed by atoms with Gasteiger partial charge in [-0.1, -0.05) is 0 Å². The third-order valence-electron chi connectivity index (χ3n) is 2.12. The van der Waals surface area contributed by atoms with Crippen LogP contribution in [-0.2, 0) is 10.0 Å². The highest BCUT2D eigenvalue weighted by atomic mass is 32.2. The number of nitrogens with two attached hydrogens (primary N) is 1. The fraction of sp³-hybridized carbons (Fsp3) is 0.300. The van der Waals surface area contributed by atoms with Crippen molar-refractivity contribution in [3.05, 3.63) is 29.3 Å². The van der Waals surface area contributed by atoms with Gasteiger partial charge in [0.15, 0.2) is 11.6 Å². The minimum absolute atomic E-state index is 0.124. The van der Waals surface area contributed by atoms with Crippen molar-refractivity contribution in [2.45, 2.75) is 6.42 Å². The van der Waals surface area contributed by atoms with Crippen LogP contribution in [0.1, 0.15) is 12.0 Å². The van der Waals surface area contributed by atoms with E-state index in [0.29, 0.717) is 0 Å². The van der Waals surface area contributed by atoms with Gasteiger partial charge in [0.05, 0.1) is 17.0 Å². The highest BCUT2D eigenvalue weighted by Crippen LogP contribution is 2.19. The summed E-state index contributed by atoms with van der Waals surface area (Å²) in [6.07, 6.45) is 0.167. The van der Waals surface area contributed by atoms with Crippen molar-refractivity contribution in [3.8, 4) is 6.07 Å². The molecule has 0 bridgehead atoms. The van der Waals surface area contributed by atoms with Gasteiger partial charge >= 0.3 is 0 Å². The molecule has 0 aromatic heterocycles. The molecule has 3 N–H and O–H groups in total. The van der Waals surface area contributed by atoms with Gasteiger partial charge in [-0.25, -0.2) is 22.3 Å². The topological polar surface area (TPSA) is 96.0 Å². The Morgan fingerprint density at radius 2 is 2.00 bits per heavy atom. The molecule has 0 heterocycles. The molecule has 0 spiro atoms. The second kappa shape index (κ2) is 5.75. The number of sulfonamides is 1. The molecule has 98 valence electrons. The van der Waals surface area contributed by atoms with E-state index in [2.05, 4.69) is 5.32 Å². The van der Waals surface area contributed by atoms with Crippen molar-refractivity contribution < 1.29 is 17.2 Å². The number of benzene rings is 1. The second-order valence-electron chi connectivity index (χ2n) is 3.55. The summed E-state index contributed by atoms with van der Waals surface area (Å²) in [5.41, 5.74) is -0.511. The fourth-order valence-electron chi connectivity index (χ4n) is 1.27. The first-order valence-corrected chi connectivity index (χ1v) is 6.69. The van der Waals surface area contributed by atoms with Gasteiger partial charge in [-0.15, -0.1) is 0 Å². The SMILES string of the molecule is N#Cc1ccc(NCCCS(N)(=O)=O)c(F)c1F. The molecule has 0 aliphatic rings. The number of anilines is 1. The monoisotopic (exact) mass is 275 g/mol. The molecule has 0 fully saturated rings. The Labute approximate surface area is 103 Å². The van der Waals surface area contributed by atoms with E-state index < -0.39 is 21.7 Å². The first-order chi connectivity index (χ1) is 8.35. The molecule has 1 aromatic carbocycles. The van der Waals surface area contributed by atoms with E-state index in [1.165, 1.54) is 12.1 Å². The number of nitriles is 1. The van der Waals surface area contributed by atoms with Crippen molar-refractivity contribution in [2.24, 2.45) is 5.14 Å². The maximum Gasteiger partial charge on any atom is 0.209 e. The largest absolute Gasteiger partial charge is 0.383 e. The highest BCUT2D eigenvalue weighted by molar-refractivity contribution is 7.89. The average Bonchev–Trinajstić information content (AvgIpc) is 2.28. The number of hydrogen-bond donors (Lipinski definition) is 2. The van der Waals surface area contributed by atoms with Crippen LogP contribution in [0.25, 0.3) is 0 Å². The predicted molar refractivity (Wildman–Crippen MR) is 62.2 cm³/mol. The first kappa shape index (κ1) is 14.3. The smallest absolute Gasteiger partial charge is 0.209 e. The summed E-state index contributed by atoms with van der Waals surface area (Å²) in [6, 6.07) is 3.87. The third-order valence-corrected chi connectivity index (χ3v) is 2.98. The summed E-state index contributed by atoms with van der Waals surface area (Å²) in [6.45, 7) is 0.124. The lowest BCUT2D eigenvalue weighted by Crippen LogP contribution is -2.19. The fourth-order valence-corrected chi connectivity index (χ4v) is 1.82. The van der Waals surface area contributed by atoms with Crippen molar-refractivity contribution >= 4 is 15.7 Å². The Bertz CT molecular complexity index is 582. The van der Waals surface area contributed by atoms with Crippen molar-refractivity contribution in [2.75, 3.05) is 17.6 Å². The molecule has 0 aliphatic carbocycles. The van der Waals surface area contributed by atoms with Gasteiger partial charge in [-0.05, 0) is 18.6 Å². The van der Waals surface area contributed by atoms with Crippen LogP contribution in [0.15, 0.2) is 12.1 Å². The summed E-state index contributed by atoms with van der Waals surface area (Å²) in [4.78, 5) is 0. The zero-order valence-corrected chi connectivity index (χ0v) is 10.1. The van der Waals surface area contributed by atoms with Crippen LogP contribution in [0.4, 0.5) is 14.5 Å². The molecule has 1 aromatic rings. The first-order valence-electron chi connectivity index (χ1n) is 4.97. The third kappa shape index (κ3) is 3.94. The summed E-state index contributed by atoms with van der Waals surface area (Å²) in [5, 5.41) is 15.8. The Morgan fingerprint density at radius 3 is 2.56 bits per heavy atom. The molecule has 18 heavy (non-hydrogen) atoms. The molecule has 8 heteroatoms. The quantitative estimate of drug-likeness (QED) is 0.781. The zero-order valence-electron chi connectivity index (χ0n) is 9.28. The molecule has 0 unspecified atom stereocenters. The lowest BCUT2D eigenvalue weighted by atomic mass is 10.2. The number of primary sulfonamides is 1. The summed E-state index contributed by atoms with van der Waals surface area (Å²) in [5.74, 6) is -2.64. The highest BCUT2D eigenvalue weighted by Gasteiger charge is 2.12. The van der Waals surface area contributed by atoms with Gasteiger partial charge in [-0.2, -0.15) is 5.26 Å². The Hall–Kier alpha value is -1.72. The number of halogens is 2. The predicted octanol–water partition coefficient (Wildman–Crippen LogP) is 0.927. The zero-order chi connectivity index (χ0) is 13.8. The molecular weight excluding hydrogens is 264 g/mol. The molecule has 0 saturated carbocycles. The van der Waals surface area contributed by atoms with E-state index in [-0.39, 0.29) is 30.0 Å². The van der Waals surface area contributed by atoms with Gasteiger partial charge < -0.3 is 5.32 Å². The number of nitrogens with one attached hydrogen (secondary N) is 1. The van der Waals surface area contributed by atoms with Gasteiger partial charge in [-0.3, -0.25) is 0 Å². The van der Waals surface area contributed by atoms with Crippen LogP contribution in [0.2, 0.25) is 0 Å². The maximum absolute atomic E-state index is 13.4. The van der Waals surface area contributed by atoms with Crippen molar-refractivity contribution in [3.63, 3.8) is 0 Å². The maximum atomic E-state index is 13.4. The molecular formula is C10H11F2N3O2S. The minimum Gasteiger partial charge on any atom is -0.383 e. The average molecular weight is 275 g/mol. The normalized spacial score (nSPS) is 11.0. The van der Waals surface area contributed by atoms with Crippen LogP contribution >= 0.6 is 0 Å². The van der Waals surface area contributed by atoms with Crippen molar-refractivity contribution in [1.82, 2.24) is 0 Å². The summed E-state index contributed by atoms with van der Waals surface area (Å²) < 4.78 is 47.8. The van der Waals surface area contributed by atoms with Crippen LogP contribution in [0.3, 0.4) is 0 Å². The van der Waals surface area contributed by atoms with Gasteiger partial charge in [0.25, 0.3) is 0 Å². The Morgan fingerprint density at radius 1 is 1.33 bits per heavy atom. The number of nitrogens with zero attached hydrogens (tertiary/aromatic N) is 1. The number of rotatable bonds is 5. The second-order valence-corrected chi connectivity index (χ2v) is 5.28. The lowest BCUT2D eigenvalue weighted by Gasteiger charge is -2.08. The molecule has 5 nitrogen and oxygen atoms in total.